The maximum absolute atomic E-state index is 8.81. The van der Waals surface area contributed by atoms with Gasteiger partial charge in [0.05, 0.1) is 0 Å². The maximum atomic E-state index is 8.81. The van der Waals surface area contributed by atoms with Gasteiger partial charge in [-0.3, -0.25) is 0 Å². The highest BCUT2D eigenvalue weighted by molar-refractivity contribution is 7.80. The van der Waals surface area contributed by atoms with Crippen molar-refractivity contribution >= 4 is 46.1 Å². The smallest absolute Gasteiger partial charge is 0.227 e. The van der Waals surface area contributed by atoms with Gasteiger partial charge < -0.3 is 20.8 Å². The number of aliphatic hydroxyl groups excluding tert-OH is 2. The first-order valence-electron chi connectivity index (χ1n) is 7.50. The Morgan fingerprint density at radius 1 is 0.826 bits per heavy atom. The third-order valence-electron chi connectivity index (χ3n) is 2.90. The first-order valence-corrected chi connectivity index (χ1v) is 8.32. The lowest BCUT2D eigenvalue weighted by Gasteiger charge is -2.09. The molecule has 0 bridgehead atoms. The van der Waals surface area contributed by atoms with Crippen LogP contribution in [-0.2, 0) is 0 Å². The van der Waals surface area contributed by atoms with Gasteiger partial charge >= 0.3 is 0 Å². The van der Waals surface area contributed by atoms with E-state index in [9.17, 15) is 0 Å². The quantitative estimate of drug-likeness (QED) is 0.412. The van der Waals surface area contributed by atoms with Crippen molar-refractivity contribution in [3.63, 3.8) is 0 Å². The summed E-state index contributed by atoms with van der Waals surface area (Å²) in [4.78, 5) is 14.4. The summed E-state index contributed by atoms with van der Waals surface area (Å²) in [6.45, 7) is 3.18. The number of aryl methyl sites for hydroxylation is 1. The van der Waals surface area contributed by atoms with Crippen LogP contribution in [-0.4, -0.2) is 61.2 Å². The predicted octanol–water partition coefficient (Wildman–Crippen LogP) is 1.29. The van der Waals surface area contributed by atoms with E-state index in [1.807, 2.05) is 0 Å². The van der Waals surface area contributed by atoms with Crippen molar-refractivity contribution in [1.29, 1.82) is 0 Å². The van der Waals surface area contributed by atoms with Crippen LogP contribution in [0.2, 0.25) is 0 Å². The molecule has 0 aromatic carbocycles. The molecule has 1 aromatic rings. The molecule has 23 heavy (non-hydrogen) atoms. The van der Waals surface area contributed by atoms with Gasteiger partial charge in [-0.05, 0) is 29.5 Å². The minimum Gasteiger partial charge on any atom is -0.396 e. The zero-order valence-electron chi connectivity index (χ0n) is 13.2. The number of thiocarbonyl (C=S) groups is 2. The molecule has 1 rings (SSSR count). The fourth-order valence-corrected chi connectivity index (χ4v) is 2.15. The average Bonchev–Trinajstić information content (AvgIpc) is 2.47. The van der Waals surface area contributed by atoms with E-state index in [1.54, 1.807) is 6.92 Å². The van der Waals surface area contributed by atoms with Crippen LogP contribution in [0.4, 0.5) is 11.9 Å². The first-order chi connectivity index (χ1) is 11.0. The van der Waals surface area contributed by atoms with Crippen LogP contribution in [0.5, 0.6) is 0 Å². The molecule has 0 saturated carbocycles. The first kappa shape index (κ1) is 19.8. The van der Waals surface area contributed by atoms with Crippen LogP contribution in [0.15, 0.2) is 0 Å². The number of aliphatic hydroxyl groups is 2. The molecule has 1 aromatic heterocycles. The highest BCUT2D eigenvalue weighted by atomic mass is 32.1. The molecule has 0 aliphatic carbocycles. The zero-order valence-corrected chi connectivity index (χ0v) is 14.8. The Morgan fingerprint density at radius 2 is 1.26 bits per heavy atom. The van der Waals surface area contributed by atoms with E-state index in [4.69, 9.17) is 34.6 Å². The van der Waals surface area contributed by atoms with Gasteiger partial charge in [0, 0.05) is 39.1 Å². The summed E-state index contributed by atoms with van der Waals surface area (Å²) in [5.41, 5.74) is 0. The van der Waals surface area contributed by atoms with Crippen LogP contribution in [0.3, 0.4) is 0 Å². The van der Waals surface area contributed by atoms with Crippen molar-refractivity contribution in [1.82, 2.24) is 15.0 Å². The topological polar surface area (TPSA) is 103 Å². The molecular weight excluding hydrogens is 334 g/mol. The molecule has 0 saturated heterocycles. The minimum absolute atomic E-state index is 0.0793. The maximum Gasteiger partial charge on any atom is 0.227 e. The van der Waals surface area contributed by atoms with Gasteiger partial charge in [-0.15, -0.1) is 0 Å². The van der Waals surface area contributed by atoms with E-state index in [0.29, 0.717) is 56.5 Å². The molecular formula is C14H23N5O2S2. The van der Waals surface area contributed by atoms with Gasteiger partial charge in [0.25, 0.3) is 0 Å². The van der Waals surface area contributed by atoms with Crippen LogP contribution in [0.25, 0.3) is 0 Å². The van der Waals surface area contributed by atoms with E-state index in [1.165, 1.54) is 0 Å². The Morgan fingerprint density at radius 3 is 1.65 bits per heavy atom. The second-order valence-electron chi connectivity index (χ2n) is 4.91. The van der Waals surface area contributed by atoms with Crippen molar-refractivity contribution in [3.05, 3.63) is 5.82 Å². The largest absolute Gasteiger partial charge is 0.396 e. The Hall–Kier alpha value is -1.29. The number of nitrogens with zero attached hydrogens (tertiary/aromatic N) is 3. The molecule has 0 atom stereocenters. The lowest BCUT2D eigenvalue weighted by Crippen LogP contribution is -2.14. The van der Waals surface area contributed by atoms with Crippen molar-refractivity contribution < 1.29 is 10.2 Å². The lowest BCUT2D eigenvalue weighted by molar-refractivity contribution is 0.307. The molecule has 7 nitrogen and oxygen atoms in total. The number of anilines is 2. The second kappa shape index (κ2) is 11.3. The Balaban J connectivity index is 2.45. The summed E-state index contributed by atoms with van der Waals surface area (Å²) in [6.07, 6.45) is 2.43. The third kappa shape index (κ3) is 8.80. The van der Waals surface area contributed by atoms with Crippen molar-refractivity contribution in [3.8, 4) is 0 Å². The fraction of sp³-hybridized carbons (Fsp3) is 0.643. The lowest BCUT2D eigenvalue weighted by atomic mass is 10.2. The van der Waals surface area contributed by atoms with Crippen LogP contribution >= 0.6 is 24.4 Å². The number of hydrogen-bond donors (Lipinski definition) is 4. The van der Waals surface area contributed by atoms with Crippen molar-refractivity contribution in [2.75, 3.05) is 36.9 Å². The second-order valence-corrected chi connectivity index (χ2v) is 6.06. The molecule has 0 amide bonds. The van der Waals surface area contributed by atoms with Gasteiger partial charge in [-0.1, -0.05) is 24.4 Å². The molecule has 0 aliphatic heterocycles. The molecule has 0 unspecified atom stereocenters. The van der Waals surface area contributed by atoms with Gasteiger partial charge in [0.15, 0.2) is 0 Å². The van der Waals surface area contributed by atoms with Crippen molar-refractivity contribution in [2.24, 2.45) is 0 Å². The predicted molar refractivity (Wildman–Crippen MR) is 99.4 cm³/mol. The molecule has 0 spiro atoms. The fourth-order valence-electron chi connectivity index (χ4n) is 1.77. The minimum atomic E-state index is 0.0793. The van der Waals surface area contributed by atoms with Crippen molar-refractivity contribution in [2.45, 2.75) is 32.6 Å². The molecule has 0 aliphatic rings. The Bertz CT molecular complexity index is 486. The Kier molecular flexibility index (Phi) is 9.69. The summed E-state index contributed by atoms with van der Waals surface area (Å²) in [5.74, 6) is 1.59. The summed E-state index contributed by atoms with van der Waals surface area (Å²) < 4.78 is 0. The highest BCUT2D eigenvalue weighted by Crippen LogP contribution is 2.06. The molecule has 4 N–H and O–H groups in total. The number of rotatable bonds is 12. The van der Waals surface area contributed by atoms with Crippen LogP contribution in [0.1, 0.15) is 31.5 Å². The summed E-state index contributed by atoms with van der Waals surface area (Å²) in [5, 5.41) is 23.8. The third-order valence-corrected chi connectivity index (χ3v) is 3.72. The normalized spacial score (nSPS) is 10.4. The standard InChI is InChI=1S/C14H23N5O2S2/c1-10-17-13(15-6-2-11(22)4-8-20)19-14(18-10)16-7-3-12(23)5-9-21/h20-21H,2-9H2,1H3,(H2,15,16,17,18,19). The molecule has 0 fully saturated rings. The highest BCUT2D eigenvalue weighted by Gasteiger charge is 2.05. The van der Waals surface area contributed by atoms with Crippen LogP contribution < -0.4 is 10.6 Å². The van der Waals surface area contributed by atoms with E-state index in [2.05, 4.69) is 25.6 Å². The van der Waals surface area contributed by atoms with E-state index >= 15 is 0 Å². The summed E-state index contributed by atoms with van der Waals surface area (Å²) >= 11 is 10.3. The molecule has 128 valence electrons. The zero-order chi connectivity index (χ0) is 17.1. The molecule has 9 heteroatoms. The molecule has 1 heterocycles. The average molecular weight is 358 g/mol. The SMILES string of the molecule is Cc1nc(NCCC(=S)CCO)nc(NCCC(=S)CCO)n1. The van der Waals surface area contributed by atoms with E-state index in [0.717, 1.165) is 9.73 Å². The number of aromatic nitrogens is 3. The number of hydrogen-bond acceptors (Lipinski definition) is 9. The monoisotopic (exact) mass is 357 g/mol. The van der Waals surface area contributed by atoms with Gasteiger partial charge in [-0.25, -0.2) is 0 Å². The van der Waals surface area contributed by atoms with Crippen LogP contribution in [0, 0.1) is 6.92 Å². The van der Waals surface area contributed by atoms with Gasteiger partial charge in [0.2, 0.25) is 11.9 Å². The number of nitrogens with one attached hydrogen (secondary N) is 2. The summed E-state index contributed by atoms with van der Waals surface area (Å²) in [7, 11) is 0. The van der Waals surface area contributed by atoms with E-state index < -0.39 is 0 Å². The Labute approximate surface area is 147 Å². The molecule has 0 radical (unpaired) electrons. The van der Waals surface area contributed by atoms with Gasteiger partial charge in [0.1, 0.15) is 5.82 Å². The van der Waals surface area contributed by atoms with E-state index in [-0.39, 0.29) is 13.2 Å². The van der Waals surface area contributed by atoms with Gasteiger partial charge in [-0.2, -0.15) is 15.0 Å². The summed E-state index contributed by atoms with van der Waals surface area (Å²) in [6, 6.07) is 0.